The summed E-state index contributed by atoms with van der Waals surface area (Å²) in [4.78, 5) is 0. The van der Waals surface area contributed by atoms with Crippen molar-refractivity contribution in [2.75, 3.05) is 7.11 Å². The fourth-order valence-electron chi connectivity index (χ4n) is 0.651. The number of rotatable bonds is 2. The molecule has 0 aliphatic rings. The van der Waals surface area contributed by atoms with Gasteiger partial charge in [-0.1, -0.05) is 18.2 Å². The molecular formula is C7H8FOP. The van der Waals surface area contributed by atoms with E-state index in [0.29, 0.717) is 5.30 Å². The van der Waals surface area contributed by atoms with Crippen molar-refractivity contribution in [1.82, 2.24) is 0 Å². The lowest BCUT2D eigenvalue weighted by atomic mass is 10.4. The minimum atomic E-state index is -1.87. The van der Waals surface area contributed by atoms with Crippen LogP contribution in [-0.4, -0.2) is 7.11 Å². The average Bonchev–Trinajstić information content (AvgIpc) is 2.05. The second-order valence-electron chi connectivity index (χ2n) is 1.76. The van der Waals surface area contributed by atoms with Crippen molar-refractivity contribution in [3.05, 3.63) is 30.3 Å². The number of halogens is 1. The average molecular weight is 158 g/mol. The van der Waals surface area contributed by atoms with Crippen LogP contribution in [-0.2, 0) is 4.52 Å². The zero-order valence-corrected chi connectivity index (χ0v) is 6.51. The Morgan fingerprint density at radius 2 is 1.90 bits per heavy atom. The van der Waals surface area contributed by atoms with E-state index in [1.54, 1.807) is 24.3 Å². The zero-order valence-electron chi connectivity index (χ0n) is 5.62. The van der Waals surface area contributed by atoms with Gasteiger partial charge in [0.05, 0.1) is 0 Å². The van der Waals surface area contributed by atoms with Crippen molar-refractivity contribution in [3.63, 3.8) is 0 Å². The third-order valence-corrected chi connectivity index (χ3v) is 2.14. The van der Waals surface area contributed by atoms with E-state index >= 15 is 0 Å². The highest BCUT2D eigenvalue weighted by atomic mass is 31.2. The molecule has 0 saturated heterocycles. The molecule has 0 fully saturated rings. The van der Waals surface area contributed by atoms with Gasteiger partial charge in [0.2, 0.25) is 0 Å². The smallest absolute Gasteiger partial charge is 0.252 e. The Morgan fingerprint density at radius 3 is 2.40 bits per heavy atom. The van der Waals surface area contributed by atoms with Gasteiger partial charge in [-0.3, -0.25) is 0 Å². The zero-order chi connectivity index (χ0) is 7.40. The van der Waals surface area contributed by atoms with E-state index in [1.165, 1.54) is 7.11 Å². The van der Waals surface area contributed by atoms with Crippen LogP contribution < -0.4 is 5.30 Å². The van der Waals surface area contributed by atoms with Gasteiger partial charge in [0.15, 0.2) is 0 Å². The molecule has 1 unspecified atom stereocenters. The monoisotopic (exact) mass is 158 g/mol. The summed E-state index contributed by atoms with van der Waals surface area (Å²) < 4.78 is 17.2. The summed E-state index contributed by atoms with van der Waals surface area (Å²) >= 11 is 0. The molecule has 0 bridgehead atoms. The van der Waals surface area contributed by atoms with Gasteiger partial charge in [0.1, 0.15) is 0 Å². The van der Waals surface area contributed by atoms with Crippen molar-refractivity contribution in [2.45, 2.75) is 0 Å². The Bertz CT molecular complexity index is 190. The van der Waals surface area contributed by atoms with E-state index in [2.05, 4.69) is 4.52 Å². The largest absolute Gasteiger partial charge is 0.330 e. The number of hydrogen-bond donors (Lipinski definition) is 0. The van der Waals surface area contributed by atoms with Crippen LogP contribution in [0.1, 0.15) is 0 Å². The number of benzene rings is 1. The summed E-state index contributed by atoms with van der Waals surface area (Å²) in [5.41, 5.74) is 0. The second-order valence-corrected chi connectivity index (χ2v) is 3.13. The predicted octanol–water partition coefficient (Wildman–Crippen LogP) is 2.24. The summed E-state index contributed by atoms with van der Waals surface area (Å²) in [6, 6.07) is 8.87. The Labute approximate surface area is 60.8 Å². The van der Waals surface area contributed by atoms with Crippen LogP contribution in [0, 0.1) is 0 Å². The maximum absolute atomic E-state index is 12.7. The minimum Gasteiger partial charge on any atom is -0.330 e. The molecule has 0 N–H and O–H groups in total. The summed E-state index contributed by atoms with van der Waals surface area (Å²) in [6.45, 7) is 0. The third-order valence-electron chi connectivity index (χ3n) is 1.12. The number of hydrogen-bond acceptors (Lipinski definition) is 1. The van der Waals surface area contributed by atoms with Crippen LogP contribution >= 0.6 is 8.46 Å². The molecule has 54 valence electrons. The second kappa shape index (κ2) is 3.65. The first-order chi connectivity index (χ1) is 4.84. The van der Waals surface area contributed by atoms with Gasteiger partial charge in [-0.05, 0) is 12.1 Å². The maximum Gasteiger partial charge on any atom is 0.252 e. The molecular weight excluding hydrogens is 150 g/mol. The standard InChI is InChI=1S/C7H8FOP/c1-9-10(8)7-5-3-2-4-6-7/h2-6H,1H3. The Hall–Kier alpha value is -0.460. The molecule has 1 nitrogen and oxygen atoms in total. The summed E-state index contributed by atoms with van der Waals surface area (Å²) in [5.74, 6) is 0. The molecule has 3 heteroatoms. The predicted molar refractivity (Wildman–Crippen MR) is 41.1 cm³/mol. The van der Waals surface area contributed by atoms with Crippen LogP contribution in [0.4, 0.5) is 4.20 Å². The van der Waals surface area contributed by atoms with Crippen LogP contribution in [0.25, 0.3) is 0 Å². The van der Waals surface area contributed by atoms with Gasteiger partial charge >= 0.3 is 0 Å². The quantitative estimate of drug-likeness (QED) is 0.599. The van der Waals surface area contributed by atoms with E-state index in [-0.39, 0.29) is 0 Å². The first-order valence-corrected chi connectivity index (χ1v) is 4.04. The lowest BCUT2D eigenvalue weighted by molar-refractivity contribution is 0.439. The Balaban J connectivity index is 2.75. The molecule has 0 saturated carbocycles. The lowest BCUT2D eigenvalue weighted by Crippen LogP contribution is -1.95. The summed E-state index contributed by atoms with van der Waals surface area (Å²) in [5, 5.41) is 0.625. The van der Waals surface area contributed by atoms with Gasteiger partial charge in [-0.25, -0.2) is 0 Å². The molecule has 0 radical (unpaired) electrons. The molecule has 0 aromatic heterocycles. The van der Waals surface area contributed by atoms with Gasteiger partial charge in [-0.15, -0.1) is 0 Å². The van der Waals surface area contributed by atoms with E-state index in [1.807, 2.05) is 6.07 Å². The van der Waals surface area contributed by atoms with Crippen LogP contribution in [0.5, 0.6) is 0 Å². The maximum atomic E-state index is 12.7. The van der Waals surface area contributed by atoms with E-state index in [0.717, 1.165) is 0 Å². The molecule has 0 aliphatic carbocycles. The van der Waals surface area contributed by atoms with Crippen molar-refractivity contribution in [1.29, 1.82) is 0 Å². The van der Waals surface area contributed by atoms with Gasteiger partial charge in [0.25, 0.3) is 8.46 Å². The van der Waals surface area contributed by atoms with Gasteiger partial charge in [0, 0.05) is 12.4 Å². The van der Waals surface area contributed by atoms with E-state index in [9.17, 15) is 4.20 Å². The van der Waals surface area contributed by atoms with Crippen molar-refractivity contribution in [3.8, 4) is 0 Å². The molecule has 0 spiro atoms. The normalized spacial score (nSPS) is 13.0. The van der Waals surface area contributed by atoms with Crippen molar-refractivity contribution in [2.24, 2.45) is 0 Å². The molecule has 0 heterocycles. The highest BCUT2D eigenvalue weighted by Gasteiger charge is 2.06. The van der Waals surface area contributed by atoms with Crippen LogP contribution in [0.2, 0.25) is 0 Å². The van der Waals surface area contributed by atoms with Crippen molar-refractivity contribution >= 4 is 13.8 Å². The van der Waals surface area contributed by atoms with Gasteiger partial charge in [-0.2, -0.15) is 4.20 Å². The first-order valence-electron chi connectivity index (χ1n) is 2.89. The lowest BCUT2D eigenvalue weighted by Gasteiger charge is -2.01. The van der Waals surface area contributed by atoms with Crippen LogP contribution in [0.15, 0.2) is 30.3 Å². The SMILES string of the molecule is COP(F)c1ccccc1. The highest BCUT2D eigenvalue weighted by Crippen LogP contribution is 2.35. The van der Waals surface area contributed by atoms with E-state index in [4.69, 9.17) is 0 Å². The molecule has 0 aliphatic heterocycles. The third kappa shape index (κ3) is 1.76. The Morgan fingerprint density at radius 1 is 1.30 bits per heavy atom. The van der Waals surface area contributed by atoms with Crippen molar-refractivity contribution < 1.29 is 8.72 Å². The summed E-state index contributed by atoms with van der Waals surface area (Å²) in [6.07, 6.45) is 0. The topological polar surface area (TPSA) is 9.23 Å². The van der Waals surface area contributed by atoms with Crippen LogP contribution in [0.3, 0.4) is 0 Å². The molecule has 1 aromatic carbocycles. The molecule has 1 rings (SSSR count). The van der Waals surface area contributed by atoms with E-state index < -0.39 is 8.46 Å². The fraction of sp³-hybridized carbons (Fsp3) is 0.143. The Kier molecular flexibility index (Phi) is 2.79. The van der Waals surface area contributed by atoms with Gasteiger partial charge < -0.3 is 4.52 Å². The molecule has 1 aromatic rings. The molecule has 1 atom stereocenters. The first kappa shape index (κ1) is 7.64. The molecule has 0 amide bonds. The minimum absolute atomic E-state index is 0.625. The summed E-state index contributed by atoms with van der Waals surface area (Å²) in [7, 11) is -0.500. The fourth-order valence-corrected chi connectivity index (χ4v) is 1.27. The molecule has 10 heavy (non-hydrogen) atoms. The highest BCUT2D eigenvalue weighted by molar-refractivity contribution is 7.55.